The molecule has 814 valence electrons. The largest absolute Gasteiger partial charge is 0.504 e. The fourth-order valence-corrected chi connectivity index (χ4v) is 7.10. The first-order chi connectivity index (χ1) is 59.5. The molecule has 2 unspecified atom stereocenters. The van der Waals surface area contributed by atoms with Crippen molar-refractivity contribution in [3.05, 3.63) is 61.9 Å². The van der Waals surface area contributed by atoms with E-state index in [1.165, 1.54) is 52.8 Å². The highest BCUT2D eigenvalue weighted by Gasteiger charge is 2.24. The van der Waals surface area contributed by atoms with Crippen molar-refractivity contribution in [2.75, 3.05) is 86.3 Å². The minimum absolute atomic E-state index is 0. The SMILES string of the molecule is C.C.C.C.CC(=O)C(C)C.CC(C)C(=O)CC#N.CC(C)C(=O)CO.CC(C)C(=O)NS(=O)(=O)N(C)C.CC(C)C(=O)NS(C)(=O)=O.CC(C)C(C)O.CC(C)C1=NCC(=O)N1.CC(C)C1=NCC=N1.CC(C)P(C)(=O)O.CC(C)P(C)(C)=O.CC(C)S(=O)(=O)Cc1ncco1.CC(C)S(C)(=O)=O.CC(C)S(C)(=O)=O.CC(C)c1c(O)c(=O)c1=O.COCC(=O)C(C)C.Cc1cc(C(C)C)on1. The number of oxazole rings is 1. The van der Waals surface area contributed by atoms with Gasteiger partial charge in [-0.25, -0.2) is 48.4 Å². The number of rotatable bonds is 25. The third-order valence-electron chi connectivity index (χ3n) is 16.9. The van der Waals surface area contributed by atoms with Gasteiger partial charge in [-0.15, -0.1) is 0 Å². The maximum absolute atomic E-state index is 11.3. The van der Waals surface area contributed by atoms with Crippen molar-refractivity contribution >= 4 is 123 Å². The Bertz CT molecular complexity index is 4630. The number of aliphatic hydroxyl groups is 2. The molecule has 7 N–H and O–H groups in total. The number of carbonyl (C=O) groups excluding carboxylic acids is 7. The number of aromatic hydroxyl groups is 1. The van der Waals surface area contributed by atoms with Gasteiger partial charge in [0.1, 0.15) is 80.4 Å². The Morgan fingerprint density at radius 1 is 0.591 bits per heavy atom. The molecule has 0 saturated heterocycles. The first kappa shape index (κ1) is 163. The lowest BCUT2D eigenvalue weighted by molar-refractivity contribution is -0.126. The fourth-order valence-electron chi connectivity index (χ4n) is 5.01. The van der Waals surface area contributed by atoms with Crippen LogP contribution in [0.1, 0.15) is 306 Å². The number of aryl methyl sites for hydroxylation is 1. The van der Waals surface area contributed by atoms with Crippen LogP contribution in [0.4, 0.5) is 0 Å². The predicted octanol–water partition coefficient (Wildman–Crippen LogP) is 15.0. The van der Waals surface area contributed by atoms with E-state index in [0.29, 0.717) is 35.9 Å². The van der Waals surface area contributed by atoms with Gasteiger partial charge in [0, 0.05) is 117 Å². The fraction of sp³-hybridized carbons (Fsp3) is 0.772. The number of methoxy groups -OCH3 is 1. The maximum atomic E-state index is 11.3. The molecule has 2 aliphatic heterocycles. The molecule has 38 nitrogen and oxygen atoms in total. The van der Waals surface area contributed by atoms with Crippen molar-refractivity contribution in [2.24, 2.45) is 68.2 Å². The first-order valence-corrected chi connectivity index (χ1v) is 57.0. The third kappa shape index (κ3) is 100. The summed E-state index contributed by atoms with van der Waals surface area (Å²) in [7, 11) is -15.8. The zero-order valence-electron chi connectivity index (χ0n) is 88.0. The van der Waals surface area contributed by atoms with Crippen LogP contribution in [0.15, 0.2) is 52.0 Å². The number of nitrogens with one attached hydrogen (secondary N) is 3. The van der Waals surface area contributed by atoms with Gasteiger partial charge in [-0.2, -0.15) is 18.0 Å². The number of ether oxygens (including phenoxy) is 1. The van der Waals surface area contributed by atoms with Crippen molar-refractivity contribution in [3.8, 4) is 11.8 Å². The van der Waals surface area contributed by atoms with Crippen LogP contribution in [0, 0.1) is 71.5 Å². The molecule has 3 amide bonds. The molecule has 137 heavy (non-hydrogen) atoms. The average Bonchev–Trinajstić information content (AvgIpc) is 1.03. The number of ketones is 4. The Labute approximate surface area is 828 Å². The first-order valence-electron chi connectivity index (χ1n) is 43.2. The van der Waals surface area contributed by atoms with Gasteiger partial charge < -0.3 is 43.8 Å². The van der Waals surface area contributed by atoms with Crippen molar-refractivity contribution in [1.82, 2.24) is 29.2 Å². The molecule has 2 aliphatic rings. The molecule has 0 spiro atoms. The Kier molecular flexibility index (Phi) is 99.7. The van der Waals surface area contributed by atoms with Gasteiger partial charge >= 0.3 is 10.2 Å². The number of amidine groups is 2. The van der Waals surface area contributed by atoms with Crippen molar-refractivity contribution < 1.29 is 119 Å². The topological polar surface area (TPSA) is 601 Å². The molecule has 0 fully saturated rings. The summed E-state index contributed by atoms with van der Waals surface area (Å²) in [6.45, 7) is 69.7. The molecule has 45 heteroatoms. The van der Waals surface area contributed by atoms with Crippen LogP contribution in [0.2, 0.25) is 0 Å². The number of sulfone groups is 3. The number of hydrogen-bond acceptors (Lipinski definition) is 33. The van der Waals surface area contributed by atoms with E-state index in [-0.39, 0.29) is 170 Å². The summed E-state index contributed by atoms with van der Waals surface area (Å²) in [5, 5.41) is 39.2. The van der Waals surface area contributed by atoms with E-state index in [2.05, 4.69) is 62.9 Å². The molecule has 2 atom stereocenters. The van der Waals surface area contributed by atoms with Gasteiger partial charge in [0.05, 0.1) is 71.7 Å². The summed E-state index contributed by atoms with van der Waals surface area (Å²) in [6, 6.07) is 3.76. The minimum atomic E-state index is -3.61. The van der Waals surface area contributed by atoms with Crippen LogP contribution in [-0.2, 0) is 103 Å². The Morgan fingerprint density at radius 3 is 1.11 bits per heavy atom. The van der Waals surface area contributed by atoms with E-state index in [1.807, 2.05) is 111 Å². The number of amides is 3. The highest BCUT2D eigenvalue weighted by molar-refractivity contribution is 7.91. The second-order valence-electron chi connectivity index (χ2n) is 35.6. The lowest BCUT2D eigenvalue weighted by Gasteiger charge is -2.13. The number of aromatic nitrogens is 2. The third-order valence-corrected chi connectivity index (χ3v) is 28.8. The van der Waals surface area contributed by atoms with Gasteiger partial charge in [0.15, 0.2) is 34.5 Å². The lowest BCUT2D eigenvalue weighted by Crippen LogP contribution is -2.41. The quantitative estimate of drug-likeness (QED) is 0.0306. The van der Waals surface area contributed by atoms with E-state index >= 15 is 0 Å². The van der Waals surface area contributed by atoms with Gasteiger partial charge in [-0.1, -0.05) is 215 Å². The van der Waals surface area contributed by atoms with Crippen LogP contribution in [0.3, 0.4) is 0 Å². The molecule has 0 radical (unpaired) electrons. The summed E-state index contributed by atoms with van der Waals surface area (Å²) in [5.41, 5.74) is 0.208. The molecule has 4 heterocycles. The van der Waals surface area contributed by atoms with Crippen LogP contribution in [-0.4, -0.2) is 255 Å². The Morgan fingerprint density at radius 2 is 0.971 bits per heavy atom. The molecular formula is C92H188N10O28P2S5. The molecule has 1 aromatic carbocycles. The number of nitrogens with zero attached hydrogens (tertiary/aromatic N) is 7. The van der Waals surface area contributed by atoms with Crippen LogP contribution in [0.5, 0.6) is 5.75 Å². The Hall–Kier alpha value is -7.10. The zero-order chi connectivity index (χ0) is 109. The minimum Gasteiger partial charge on any atom is -0.504 e. The summed E-state index contributed by atoms with van der Waals surface area (Å²) < 4.78 is 147. The normalized spacial score (nSPS) is 12.3. The van der Waals surface area contributed by atoms with Crippen molar-refractivity contribution in [2.45, 2.75) is 329 Å². The molecule has 0 saturated carbocycles. The van der Waals surface area contributed by atoms with E-state index in [4.69, 9.17) is 34.4 Å². The average molecular weight is 2100 g/mol. The molecule has 0 bridgehead atoms. The van der Waals surface area contributed by atoms with Gasteiger partial charge in [0.2, 0.25) is 39.1 Å². The van der Waals surface area contributed by atoms with Crippen LogP contribution < -0.4 is 25.6 Å². The number of sulfonamides is 1. The summed E-state index contributed by atoms with van der Waals surface area (Å²) in [5.74, 6) is 3.28. The van der Waals surface area contributed by atoms with Crippen molar-refractivity contribution in [1.29, 1.82) is 5.26 Å². The number of carbonyl (C=O) groups is 7. The number of aliphatic imine (C=N–C) groups is 3. The smallest absolute Gasteiger partial charge is 0.303 e. The van der Waals surface area contributed by atoms with Gasteiger partial charge in [0.25, 0.3) is 5.43 Å². The van der Waals surface area contributed by atoms with Gasteiger partial charge in [-0.3, -0.25) is 62.4 Å². The summed E-state index contributed by atoms with van der Waals surface area (Å²) in [6.07, 6.45) is 7.97. The number of nitriles is 1. The second-order valence-corrected chi connectivity index (χ2v) is 53.8. The molecule has 2 aromatic heterocycles. The summed E-state index contributed by atoms with van der Waals surface area (Å²) >= 11 is 0. The maximum Gasteiger partial charge on any atom is 0.303 e. The van der Waals surface area contributed by atoms with E-state index < -0.39 is 86.9 Å². The highest BCUT2D eigenvalue weighted by atomic mass is 32.2. The van der Waals surface area contributed by atoms with E-state index in [0.717, 1.165) is 40.2 Å². The lowest BCUT2D eigenvalue weighted by atomic mass is 9.98. The van der Waals surface area contributed by atoms with Gasteiger partial charge in [-0.05, 0) is 87.5 Å². The zero-order valence-corrected chi connectivity index (χ0v) is 93.9. The predicted molar refractivity (Wildman–Crippen MR) is 564 cm³/mol. The van der Waals surface area contributed by atoms with Crippen molar-refractivity contribution in [3.63, 3.8) is 0 Å². The molecular weight excluding hydrogens is 1920 g/mol. The molecule has 0 aliphatic carbocycles. The van der Waals surface area contributed by atoms with E-state index in [1.54, 1.807) is 145 Å². The number of Topliss-reactive ketones (excluding diaryl/α,β-unsaturated/α-hetero) is 4. The number of aliphatic hydroxyl groups excluding tert-OH is 2. The second kappa shape index (κ2) is 83.5. The van der Waals surface area contributed by atoms with E-state index in [9.17, 15) is 94.4 Å². The van der Waals surface area contributed by atoms with Crippen LogP contribution >= 0.6 is 14.5 Å². The molecule has 5 rings (SSSR count). The highest BCUT2D eigenvalue weighted by Crippen LogP contribution is 2.41. The van der Waals surface area contributed by atoms with Crippen LogP contribution in [0.25, 0.3) is 0 Å². The Balaban J connectivity index is -0.0000000893. The monoisotopic (exact) mass is 2100 g/mol. The molecule has 3 aromatic rings. The summed E-state index contributed by atoms with van der Waals surface area (Å²) in [4.78, 5) is 119. The number of hydrogen-bond donors (Lipinski definition) is 7. The standard InChI is InChI=1S/C7H11NO3S.C7H11NO.C7H8O3.C6H14N2O3S.C6H10N2O.C6H10N2.C6H9NO.C6H12O2.C5H11NO3S.C5H10O2.C5H13OP.C5H12O.C5H10O.C4H11O2P.2C4H10O2S.4CH4/c1-6(2)12(9,10)5-7-8-3-4-11-7;1-5(2)7-4-6(3)8-9-7;1-3(2)4-5(8)7(10)6(4)9;1-5(2)6(9)7-12(10,11)8(3)4;1-4(2)6-7-3-5(9)8-6;1-5(2)6-7-3-4-8-6;1-5(2)6(8)3-4-7;1-5(2)6(7)4-8-3;1-4(2)5(7)6-10(3,8)9;1-4(2)5(7)3-6;1-5(2)7(3,4)6;2*1-4(2)5(3)6;3*1-4(2)7(3,5)6;;;;/h3-4,6H,5H2,1-2H3;4-5H,1-3H3;3,8H,1-2H3;5H,1-4H3,(H,7,9);4H,3H2,1-2H3,(H,7,8,9);3,5H,4H2,1-2H3;5H,3H2,1-2H3;5H,4H2,1-3H3;4H,1-3H3,(H,6,7);4,6H,3H2,1-2H3;5H,1-4H3;4-6H,1-3H3;4H,1-3H3;4H,1-3H3,(H,5,6);2*4H,1-3H3;4*1H4.